The Morgan fingerprint density at radius 3 is 2.84 bits per heavy atom. The molecule has 2 aromatic carbocycles. The number of carbonyl (C=O) groups excluding carboxylic acids is 1. The number of nitrogens with zero attached hydrogens (tertiary/aromatic N) is 2. The van der Waals surface area contributed by atoms with Crippen molar-refractivity contribution in [3.05, 3.63) is 65.2 Å². The molecule has 5 nitrogen and oxygen atoms in total. The molecular formula is C19H20ClN3O2. The molecule has 3 aromatic rings. The number of aliphatic hydroxyl groups excluding tert-OH is 1. The van der Waals surface area contributed by atoms with Crippen molar-refractivity contribution in [1.29, 1.82) is 0 Å². The van der Waals surface area contributed by atoms with Crippen LogP contribution in [0.4, 0.5) is 0 Å². The van der Waals surface area contributed by atoms with Crippen LogP contribution >= 0.6 is 11.6 Å². The molecule has 3 N–H and O–H groups in total. The minimum atomic E-state index is -0.589. The number of hydrogen-bond acceptors (Lipinski definition) is 3. The van der Waals surface area contributed by atoms with E-state index in [0.717, 1.165) is 17.2 Å². The minimum absolute atomic E-state index is 0.197. The van der Waals surface area contributed by atoms with Crippen molar-refractivity contribution in [2.24, 2.45) is 5.73 Å². The highest BCUT2D eigenvalue weighted by Crippen LogP contribution is 2.26. The average molecular weight is 358 g/mol. The van der Waals surface area contributed by atoms with Crippen LogP contribution in [0.25, 0.3) is 10.8 Å². The highest BCUT2D eigenvalue weighted by Gasteiger charge is 2.19. The lowest BCUT2D eigenvalue weighted by Crippen LogP contribution is -2.21. The van der Waals surface area contributed by atoms with Crippen LogP contribution < -0.4 is 5.73 Å². The number of aliphatic hydroxyl groups is 1. The Labute approximate surface area is 151 Å². The molecular weight excluding hydrogens is 338 g/mol. The fraction of sp³-hybridized carbons (Fsp3) is 0.263. The van der Waals surface area contributed by atoms with E-state index in [1.807, 2.05) is 24.3 Å². The van der Waals surface area contributed by atoms with E-state index in [1.54, 1.807) is 17.7 Å². The summed E-state index contributed by atoms with van der Waals surface area (Å²) in [5.74, 6) is -0.577. The molecule has 0 fully saturated rings. The number of imidazole rings is 1. The monoisotopic (exact) mass is 357 g/mol. The van der Waals surface area contributed by atoms with Gasteiger partial charge in [0.25, 0.3) is 5.91 Å². The average Bonchev–Trinajstić information content (AvgIpc) is 3.05. The zero-order valence-corrected chi connectivity index (χ0v) is 14.6. The van der Waals surface area contributed by atoms with E-state index in [4.69, 9.17) is 17.3 Å². The van der Waals surface area contributed by atoms with E-state index in [9.17, 15) is 9.90 Å². The number of aryl methyl sites for hydroxylation is 1. The molecule has 0 unspecified atom stereocenters. The quantitative estimate of drug-likeness (QED) is 0.709. The van der Waals surface area contributed by atoms with Crippen molar-refractivity contribution in [2.75, 3.05) is 0 Å². The summed E-state index contributed by atoms with van der Waals surface area (Å²) < 4.78 is 1.75. The lowest BCUT2D eigenvalue weighted by molar-refractivity contribution is 0.0994. The lowest BCUT2D eigenvalue weighted by atomic mass is 9.97. The molecule has 0 saturated carbocycles. The van der Waals surface area contributed by atoms with Crippen molar-refractivity contribution < 1.29 is 9.90 Å². The zero-order valence-electron chi connectivity index (χ0n) is 13.9. The van der Waals surface area contributed by atoms with Crippen molar-refractivity contribution in [3.63, 3.8) is 0 Å². The molecule has 3 rings (SSSR count). The van der Waals surface area contributed by atoms with Crippen LogP contribution in [-0.4, -0.2) is 26.7 Å². The molecule has 0 bridgehead atoms. The van der Waals surface area contributed by atoms with Crippen molar-refractivity contribution in [1.82, 2.24) is 9.55 Å². The number of fused-ring (bicyclic) bond motifs is 1. The van der Waals surface area contributed by atoms with Crippen molar-refractivity contribution in [3.8, 4) is 0 Å². The van der Waals surface area contributed by atoms with Crippen molar-refractivity contribution in [2.45, 2.75) is 31.9 Å². The molecule has 0 spiro atoms. The molecule has 1 amide bonds. The second-order valence-corrected chi connectivity index (χ2v) is 6.64. The van der Waals surface area contributed by atoms with E-state index >= 15 is 0 Å². The molecule has 25 heavy (non-hydrogen) atoms. The molecule has 0 radical (unpaired) electrons. The summed E-state index contributed by atoms with van der Waals surface area (Å²) in [5.41, 5.74) is 6.62. The summed E-state index contributed by atoms with van der Waals surface area (Å²) in [5, 5.41) is 13.1. The number of carbonyl (C=O) groups is 1. The maximum absolute atomic E-state index is 11.2. The number of primary amides is 1. The summed E-state index contributed by atoms with van der Waals surface area (Å²) in [4.78, 5) is 15.2. The van der Waals surface area contributed by atoms with E-state index in [-0.39, 0.29) is 11.7 Å². The molecule has 2 atom stereocenters. The number of rotatable bonds is 6. The lowest BCUT2D eigenvalue weighted by Gasteiger charge is -2.21. The predicted molar refractivity (Wildman–Crippen MR) is 98.7 cm³/mol. The third-order valence-electron chi connectivity index (χ3n) is 4.44. The van der Waals surface area contributed by atoms with E-state index in [1.165, 1.54) is 11.9 Å². The van der Waals surface area contributed by atoms with Gasteiger partial charge in [-0.1, -0.05) is 35.9 Å². The smallest absolute Gasteiger partial charge is 0.268 e. The van der Waals surface area contributed by atoms with Gasteiger partial charge in [-0.3, -0.25) is 4.79 Å². The van der Waals surface area contributed by atoms with E-state index < -0.39 is 12.0 Å². The van der Waals surface area contributed by atoms with Crippen LogP contribution in [0, 0.1) is 0 Å². The number of hydrogen-bond donors (Lipinski definition) is 2. The van der Waals surface area contributed by atoms with Crippen LogP contribution in [0.3, 0.4) is 0 Å². The van der Waals surface area contributed by atoms with Gasteiger partial charge in [-0.25, -0.2) is 4.98 Å². The van der Waals surface area contributed by atoms with Gasteiger partial charge < -0.3 is 15.4 Å². The largest absolute Gasteiger partial charge is 0.391 e. The fourth-order valence-corrected chi connectivity index (χ4v) is 3.29. The SMILES string of the molecule is C[C@H](O)[C@@H](CCc1cccc2ccc(Cl)cc12)n1cnc(C(N)=O)c1. The summed E-state index contributed by atoms with van der Waals surface area (Å²) >= 11 is 6.14. The highest BCUT2D eigenvalue weighted by atomic mass is 35.5. The Kier molecular flexibility index (Phi) is 5.06. The number of nitrogens with two attached hydrogens (primary N) is 1. The van der Waals surface area contributed by atoms with Gasteiger partial charge in [0.1, 0.15) is 5.69 Å². The molecule has 0 aliphatic heterocycles. The Balaban J connectivity index is 1.84. The van der Waals surface area contributed by atoms with Gasteiger partial charge in [0.05, 0.1) is 18.5 Å². The second-order valence-electron chi connectivity index (χ2n) is 6.20. The van der Waals surface area contributed by atoms with Crippen LogP contribution in [0.1, 0.15) is 35.4 Å². The van der Waals surface area contributed by atoms with Gasteiger partial charge in [-0.05, 0) is 48.2 Å². The van der Waals surface area contributed by atoms with E-state index in [0.29, 0.717) is 11.4 Å². The predicted octanol–water partition coefficient (Wildman–Crippen LogP) is 3.34. The molecule has 130 valence electrons. The first-order valence-electron chi connectivity index (χ1n) is 8.14. The summed E-state index contributed by atoms with van der Waals surface area (Å²) in [6, 6.07) is 11.8. The van der Waals surface area contributed by atoms with Crippen molar-refractivity contribution >= 4 is 28.3 Å². The van der Waals surface area contributed by atoms with Gasteiger partial charge in [-0.15, -0.1) is 0 Å². The summed E-state index contributed by atoms with van der Waals surface area (Å²) in [6.45, 7) is 1.73. The van der Waals surface area contributed by atoms with Gasteiger partial charge in [0.15, 0.2) is 0 Å². The zero-order chi connectivity index (χ0) is 18.0. The van der Waals surface area contributed by atoms with E-state index in [2.05, 4.69) is 17.1 Å². The maximum Gasteiger partial charge on any atom is 0.268 e. The molecule has 1 heterocycles. The van der Waals surface area contributed by atoms with Crippen LogP contribution in [-0.2, 0) is 6.42 Å². The molecule has 6 heteroatoms. The number of benzene rings is 2. The Bertz CT molecular complexity index is 905. The number of amides is 1. The first-order chi connectivity index (χ1) is 12.0. The topological polar surface area (TPSA) is 81.1 Å². The Morgan fingerprint density at radius 1 is 1.36 bits per heavy atom. The van der Waals surface area contributed by atoms with Crippen LogP contribution in [0.5, 0.6) is 0 Å². The standard InChI is InChI=1S/C19H20ClN3O2/c1-12(24)18(23-10-17(19(21)25)22-11-23)8-6-14-4-2-3-13-5-7-15(20)9-16(13)14/h2-5,7,9-12,18,24H,6,8H2,1H3,(H2,21,25)/t12-,18+/m0/s1. The molecule has 0 saturated heterocycles. The Morgan fingerprint density at radius 2 is 2.16 bits per heavy atom. The van der Waals surface area contributed by atoms with Crippen LogP contribution in [0.2, 0.25) is 5.02 Å². The Hall–Kier alpha value is -2.37. The molecule has 1 aromatic heterocycles. The normalized spacial score (nSPS) is 13.7. The fourth-order valence-electron chi connectivity index (χ4n) is 3.12. The first kappa shape index (κ1) is 17.5. The van der Waals surface area contributed by atoms with Gasteiger partial charge in [-0.2, -0.15) is 0 Å². The maximum atomic E-state index is 11.2. The molecule has 0 aliphatic carbocycles. The highest BCUT2D eigenvalue weighted by molar-refractivity contribution is 6.31. The third kappa shape index (κ3) is 3.83. The summed E-state index contributed by atoms with van der Waals surface area (Å²) in [7, 11) is 0. The van der Waals surface area contributed by atoms with Gasteiger partial charge in [0.2, 0.25) is 0 Å². The first-order valence-corrected chi connectivity index (χ1v) is 8.52. The number of halogens is 1. The molecule has 0 aliphatic rings. The van der Waals surface area contributed by atoms with Gasteiger partial charge in [0, 0.05) is 11.2 Å². The summed E-state index contributed by atoms with van der Waals surface area (Å²) in [6.07, 6.45) is 3.99. The van der Waals surface area contributed by atoms with Gasteiger partial charge >= 0.3 is 0 Å². The second kappa shape index (κ2) is 7.25. The van der Waals surface area contributed by atoms with Crippen LogP contribution in [0.15, 0.2) is 48.9 Å². The third-order valence-corrected chi connectivity index (χ3v) is 4.67. The number of aromatic nitrogens is 2. The minimum Gasteiger partial charge on any atom is -0.391 e.